The van der Waals surface area contributed by atoms with Crippen molar-refractivity contribution >= 4 is 17.9 Å². The summed E-state index contributed by atoms with van der Waals surface area (Å²) >= 11 is 0. The highest BCUT2D eigenvalue weighted by molar-refractivity contribution is 5.76. The van der Waals surface area contributed by atoms with Crippen molar-refractivity contribution in [3.8, 4) is 0 Å². The zero-order valence-corrected chi connectivity index (χ0v) is 22.2. The zero-order valence-electron chi connectivity index (χ0n) is 22.2. The fourth-order valence-electron chi connectivity index (χ4n) is 3.43. The van der Waals surface area contributed by atoms with Crippen LogP contribution in [0.1, 0.15) is 79.6 Å². The van der Waals surface area contributed by atoms with Gasteiger partial charge in [0.1, 0.15) is 6.54 Å². The molecule has 0 saturated carbocycles. The van der Waals surface area contributed by atoms with Gasteiger partial charge in [-0.1, -0.05) is 12.8 Å². The van der Waals surface area contributed by atoms with Crippen LogP contribution < -0.4 is 5.11 Å². The smallest absolute Gasteiger partial charge is 0.312 e. The number of hydrogen-bond donors (Lipinski definition) is 0. The van der Waals surface area contributed by atoms with Gasteiger partial charge in [-0.15, -0.1) is 0 Å². The molecule has 0 aliphatic heterocycles. The minimum absolute atomic E-state index is 0.157. The number of aliphatic carboxylic acids is 1. The number of ether oxygens (including phenoxy) is 3. The van der Waals surface area contributed by atoms with E-state index in [0.29, 0.717) is 37.3 Å². The molecule has 0 N–H and O–H groups in total. The van der Waals surface area contributed by atoms with Crippen LogP contribution in [0.25, 0.3) is 0 Å². The van der Waals surface area contributed by atoms with Crippen molar-refractivity contribution in [1.29, 1.82) is 0 Å². The van der Waals surface area contributed by atoms with Gasteiger partial charge in [-0.3, -0.25) is 9.59 Å². The van der Waals surface area contributed by atoms with E-state index in [9.17, 15) is 19.5 Å². The third-order valence-corrected chi connectivity index (χ3v) is 5.48. The molecule has 0 aliphatic carbocycles. The lowest BCUT2D eigenvalue weighted by molar-refractivity contribution is -0.873. The molecule has 33 heavy (non-hydrogen) atoms. The summed E-state index contributed by atoms with van der Waals surface area (Å²) in [5, 5.41) is 11.0. The first-order valence-electron chi connectivity index (χ1n) is 12.1. The summed E-state index contributed by atoms with van der Waals surface area (Å²) < 4.78 is 16.8. The van der Waals surface area contributed by atoms with Crippen LogP contribution in [0.15, 0.2) is 0 Å². The number of rotatable bonds is 18. The summed E-state index contributed by atoms with van der Waals surface area (Å²) in [5.41, 5.74) is -1.17. The molecular formula is C25H47NO7. The maximum absolute atomic E-state index is 12.6. The van der Waals surface area contributed by atoms with Gasteiger partial charge < -0.3 is 28.6 Å². The van der Waals surface area contributed by atoms with Crippen LogP contribution in [-0.4, -0.2) is 76.0 Å². The van der Waals surface area contributed by atoms with Gasteiger partial charge >= 0.3 is 11.9 Å². The summed E-state index contributed by atoms with van der Waals surface area (Å²) in [5.74, 6) is -1.76. The Balaban J connectivity index is 4.18. The lowest BCUT2D eigenvalue weighted by Crippen LogP contribution is -2.46. The summed E-state index contributed by atoms with van der Waals surface area (Å²) in [4.78, 5) is 35.6. The fraction of sp³-hybridized carbons (Fsp3) is 0.880. The van der Waals surface area contributed by atoms with Crippen molar-refractivity contribution in [3.05, 3.63) is 0 Å². The molecule has 8 nitrogen and oxygen atoms in total. The maximum atomic E-state index is 12.6. The highest BCUT2D eigenvalue weighted by Gasteiger charge is 2.32. The number of unbranched alkanes of at least 4 members (excludes halogenated alkanes) is 2. The van der Waals surface area contributed by atoms with E-state index in [4.69, 9.17) is 14.2 Å². The monoisotopic (exact) mass is 473 g/mol. The molecule has 8 heteroatoms. The molecule has 0 saturated heterocycles. The Morgan fingerprint density at radius 3 is 1.76 bits per heavy atom. The molecule has 0 bridgehead atoms. The van der Waals surface area contributed by atoms with E-state index in [1.54, 1.807) is 0 Å². The highest BCUT2D eigenvalue weighted by atomic mass is 16.5. The SMILES string of the molecule is CCOC(=O)C(C)(C)CCCCOCCCCC(C)(C)C(=O)OC(CC(=O)[O-])C[N+](C)(C)C. The molecular weight excluding hydrogens is 426 g/mol. The van der Waals surface area contributed by atoms with Crippen molar-refractivity contribution in [2.75, 3.05) is 47.5 Å². The molecule has 1 unspecified atom stereocenters. The van der Waals surface area contributed by atoms with Crippen molar-refractivity contribution < 1.29 is 38.2 Å². The summed E-state index contributed by atoms with van der Waals surface area (Å²) in [6.07, 6.45) is 3.79. The van der Waals surface area contributed by atoms with Gasteiger partial charge in [-0.25, -0.2) is 0 Å². The van der Waals surface area contributed by atoms with Gasteiger partial charge in [0.2, 0.25) is 0 Å². The normalized spacial score (nSPS) is 13.5. The predicted octanol–water partition coefficient (Wildman–Crippen LogP) is 2.72. The van der Waals surface area contributed by atoms with Crippen LogP contribution in [0.3, 0.4) is 0 Å². The number of quaternary nitrogens is 1. The van der Waals surface area contributed by atoms with E-state index < -0.39 is 22.9 Å². The first-order valence-corrected chi connectivity index (χ1v) is 12.1. The van der Waals surface area contributed by atoms with E-state index in [0.717, 1.165) is 32.1 Å². The van der Waals surface area contributed by atoms with Crippen LogP contribution >= 0.6 is 0 Å². The number of carboxylic acid groups (broad SMARTS) is 1. The zero-order chi connectivity index (χ0) is 25.7. The van der Waals surface area contributed by atoms with Gasteiger partial charge in [-0.05, 0) is 60.3 Å². The van der Waals surface area contributed by atoms with Gasteiger partial charge in [0.25, 0.3) is 0 Å². The van der Waals surface area contributed by atoms with Gasteiger partial charge in [-0.2, -0.15) is 0 Å². The second-order valence-electron chi connectivity index (χ2n) is 11.1. The summed E-state index contributed by atoms with van der Waals surface area (Å²) in [6.45, 7) is 11.3. The number of carbonyl (C=O) groups excluding carboxylic acids is 3. The third-order valence-electron chi connectivity index (χ3n) is 5.48. The van der Waals surface area contributed by atoms with Gasteiger partial charge in [0.05, 0.1) is 38.6 Å². The second kappa shape index (κ2) is 14.6. The quantitative estimate of drug-likeness (QED) is 0.171. The molecule has 0 spiro atoms. The number of likely N-dealkylation sites (N-methyl/N-ethyl adjacent to an activating group) is 1. The van der Waals surface area contributed by atoms with Crippen molar-refractivity contribution in [2.24, 2.45) is 10.8 Å². The highest BCUT2D eigenvalue weighted by Crippen LogP contribution is 2.27. The van der Waals surface area contributed by atoms with E-state index in [-0.39, 0.29) is 18.4 Å². The summed E-state index contributed by atoms with van der Waals surface area (Å²) in [7, 11) is 5.76. The van der Waals surface area contributed by atoms with Gasteiger partial charge in [0.15, 0.2) is 6.10 Å². The van der Waals surface area contributed by atoms with Gasteiger partial charge in [0, 0.05) is 25.6 Å². The molecule has 0 radical (unpaired) electrons. The first-order chi connectivity index (χ1) is 15.1. The molecule has 0 aliphatic rings. The number of nitrogens with zero attached hydrogens (tertiary/aromatic N) is 1. The topological polar surface area (TPSA) is 102 Å². The average molecular weight is 474 g/mol. The van der Waals surface area contributed by atoms with E-state index in [1.165, 1.54) is 0 Å². The first kappa shape index (κ1) is 31.3. The molecule has 0 rings (SSSR count). The molecule has 0 amide bonds. The molecule has 0 aromatic rings. The molecule has 0 heterocycles. The fourth-order valence-corrected chi connectivity index (χ4v) is 3.43. The number of carbonyl (C=O) groups is 3. The number of esters is 2. The van der Waals surface area contributed by atoms with Crippen molar-refractivity contribution in [2.45, 2.75) is 85.7 Å². The van der Waals surface area contributed by atoms with Crippen LogP contribution in [0.2, 0.25) is 0 Å². The van der Waals surface area contributed by atoms with E-state index in [2.05, 4.69) is 0 Å². The van der Waals surface area contributed by atoms with E-state index in [1.807, 2.05) is 55.8 Å². The maximum Gasteiger partial charge on any atom is 0.312 e. The standard InChI is InChI=1S/C25H47NO7/c1-9-32-22(29)24(2,3)14-10-12-16-31-17-13-11-15-25(4,5)23(30)33-20(18-21(27)28)19-26(6,7)8/h20H,9-19H2,1-8H3. The minimum atomic E-state index is -1.22. The Morgan fingerprint density at radius 2 is 1.33 bits per heavy atom. The van der Waals surface area contributed by atoms with E-state index >= 15 is 0 Å². The Hall–Kier alpha value is -1.67. The Kier molecular flexibility index (Phi) is 13.8. The number of carboxylic acids is 1. The van der Waals surface area contributed by atoms with Crippen molar-refractivity contribution in [1.82, 2.24) is 0 Å². The largest absolute Gasteiger partial charge is 0.550 e. The Morgan fingerprint density at radius 1 is 0.848 bits per heavy atom. The van der Waals surface area contributed by atoms with Crippen LogP contribution in [0, 0.1) is 10.8 Å². The predicted molar refractivity (Wildman–Crippen MR) is 125 cm³/mol. The molecule has 0 aromatic heterocycles. The lowest BCUT2D eigenvalue weighted by atomic mass is 9.87. The molecule has 0 fully saturated rings. The lowest BCUT2D eigenvalue weighted by Gasteiger charge is -2.31. The Bertz CT molecular complexity index is 608. The Labute approximate surface area is 200 Å². The van der Waals surface area contributed by atoms with Crippen molar-refractivity contribution in [3.63, 3.8) is 0 Å². The van der Waals surface area contributed by atoms with Crippen LogP contribution in [0.5, 0.6) is 0 Å². The average Bonchev–Trinajstić information content (AvgIpc) is 2.64. The van der Waals surface area contributed by atoms with Crippen LogP contribution in [-0.2, 0) is 28.6 Å². The van der Waals surface area contributed by atoms with Crippen LogP contribution in [0.4, 0.5) is 0 Å². The summed E-state index contributed by atoms with van der Waals surface area (Å²) in [6, 6.07) is 0. The third kappa shape index (κ3) is 15.0. The second-order valence-corrected chi connectivity index (χ2v) is 11.1. The molecule has 1 atom stereocenters. The molecule has 0 aromatic carbocycles. The minimum Gasteiger partial charge on any atom is -0.550 e. The number of hydrogen-bond acceptors (Lipinski definition) is 7. The molecule has 194 valence electrons.